The van der Waals surface area contributed by atoms with E-state index in [-0.39, 0.29) is 0 Å². The predicted octanol–water partition coefficient (Wildman–Crippen LogP) is 4.25. The minimum absolute atomic E-state index is 0.468. The zero-order valence-electron chi connectivity index (χ0n) is 12.7. The molecule has 0 bridgehead atoms. The monoisotopic (exact) mass is 352 g/mol. The van der Waals surface area contributed by atoms with E-state index >= 15 is 0 Å². The van der Waals surface area contributed by atoms with E-state index < -0.39 is 11.4 Å². The predicted molar refractivity (Wildman–Crippen MR) is 87.5 cm³/mol. The zero-order chi connectivity index (χ0) is 15.6. The highest BCUT2D eigenvalue weighted by molar-refractivity contribution is 9.10. The molecule has 0 unspecified atom stereocenters. The van der Waals surface area contributed by atoms with Gasteiger partial charge in [0, 0.05) is 17.4 Å². The lowest BCUT2D eigenvalue weighted by Gasteiger charge is -2.26. The quantitative estimate of drug-likeness (QED) is 0.845. The third-order valence-corrected chi connectivity index (χ3v) is 4.90. The molecule has 1 aromatic heterocycles. The molecule has 0 saturated carbocycles. The third-order valence-electron chi connectivity index (χ3n) is 4.41. The number of aryl methyl sites for hydroxylation is 1. The van der Waals surface area contributed by atoms with Crippen LogP contribution in [0.4, 0.5) is 0 Å². The fourth-order valence-corrected chi connectivity index (χ4v) is 3.17. The molecule has 2 rings (SSSR count). The number of carbonyl (C=O) groups is 1. The van der Waals surface area contributed by atoms with Crippen LogP contribution in [0.25, 0.3) is 11.0 Å². The summed E-state index contributed by atoms with van der Waals surface area (Å²) in [5.41, 5.74) is 1.24. The van der Waals surface area contributed by atoms with Gasteiger partial charge in [0.1, 0.15) is 5.82 Å². The number of hydrogen-bond donors (Lipinski definition) is 1. The molecule has 0 amide bonds. The van der Waals surface area contributed by atoms with Crippen molar-refractivity contribution in [3.63, 3.8) is 0 Å². The molecule has 1 aromatic carbocycles. The summed E-state index contributed by atoms with van der Waals surface area (Å²) in [6.45, 7) is 6.73. The van der Waals surface area contributed by atoms with Gasteiger partial charge in [0.2, 0.25) is 0 Å². The van der Waals surface area contributed by atoms with Gasteiger partial charge < -0.3 is 9.67 Å². The lowest BCUT2D eigenvalue weighted by Crippen LogP contribution is -2.33. The molecular formula is C16H21BrN2O2. The molecule has 0 fully saturated rings. The Bertz CT molecular complexity index is 660. The van der Waals surface area contributed by atoms with Gasteiger partial charge in [-0.2, -0.15) is 0 Å². The number of fused-ring (bicyclic) bond motifs is 1. The maximum Gasteiger partial charge on any atom is 0.310 e. The fourth-order valence-electron chi connectivity index (χ4n) is 2.82. The molecule has 4 nitrogen and oxygen atoms in total. The Morgan fingerprint density at radius 1 is 1.33 bits per heavy atom. The Morgan fingerprint density at radius 3 is 2.52 bits per heavy atom. The standard InChI is InChI=1S/C16H21BrN2O2/c1-4-16(5-2,15(20)21)10-14-18-12-9-11(17)7-8-13(12)19(14)6-3/h7-9H,4-6,10H2,1-3H3,(H,20,21). The summed E-state index contributed by atoms with van der Waals surface area (Å²) in [6.07, 6.45) is 1.68. The number of carboxylic acids is 1. The van der Waals surface area contributed by atoms with Crippen molar-refractivity contribution in [1.82, 2.24) is 9.55 Å². The first kappa shape index (κ1) is 16.0. The van der Waals surface area contributed by atoms with E-state index in [0.29, 0.717) is 19.3 Å². The molecule has 0 aliphatic heterocycles. The molecule has 21 heavy (non-hydrogen) atoms. The largest absolute Gasteiger partial charge is 0.481 e. The Balaban J connectivity index is 2.53. The molecule has 1 N–H and O–H groups in total. The molecule has 1 heterocycles. The van der Waals surface area contributed by atoms with Crippen molar-refractivity contribution in [2.45, 2.75) is 46.6 Å². The van der Waals surface area contributed by atoms with Gasteiger partial charge in [0.25, 0.3) is 0 Å². The summed E-state index contributed by atoms with van der Waals surface area (Å²) in [5.74, 6) is 0.125. The third kappa shape index (κ3) is 2.84. The minimum Gasteiger partial charge on any atom is -0.481 e. The Hall–Kier alpha value is -1.36. The number of aromatic nitrogens is 2. The van der Waals surface area contributed by atoms with Crippen LogP contribution < -0.4 is 0 Å². The highest BCUT2D eigenvalue weighted by Gasteiger charge is 2.36. The molecule has 0 spiro atoms. The molecule has 0 atom stereocenters. The smallest absolute Gasteiger partial charge is 0.310 e. The van der Waals surface area contributed by atoms with Crippen LogP contribution in [0.15, 0.2) is 22.7 Å². The van der Waals surface area contributed by atoms with Crippen molar-refractivity contribution in [3.8, 4) is 0 Å². The summed E-state index contributed by atoms with van der Waals surface area (Å²) >= 11 is 3.46. The molecular weight excluding hydrogens is 332 g/mol. The SMILES string of the molecule is CCn1c(CC(CC)(CC)C(=O)O)nc2cc(Br)ccc21. The topological polar surface area (TPSA) is 55.1 Å². The highest BCUT2D eigenvalue weighted by atomic mass is 79.9. The Kier molecular flexibility index (Phi) is 4.71. The van der Waals surface area contributed by atoms with Gasteiger partial charge in [0.05, 0.1) is 16.4 Å². The second kappa shape index (κ2) is 6.18. The molecule has 0 saturated heterocycles. The van der Waals surface area contributed by atoms with E-state index in [0.717, 1.165) is 27.9 Å². The van der Waals surface area contributed by atoms with Crippen molar-refractivity contribution in [3.05, 3.63) is 28.5 Å². The summed E-state index contributed by atoms with van der Waals surface area (Å²) < 4.78 is 3.10. The first-order valence-corrected chi connectivity index (χ1v) is 8.14. The second-order valence-corrected chi connectivity index (χ2v) is 6.29. The van der Waals surface area contributed by atoms with Gasteiger partial charge in [-0.1, -0.05) is 29.8 Å². The van der Waals surface area contributed by atoms with E-state index in [4.69, 9.17) is 0 Å². The van der Waals surface area contributed by atoms with E-state index in [2.05, 4.69) is 32.4 Å². The lowest BCUT2D eigenvalue weighted by molar-refractivity contribution is -0.149. The van der Waals surface area contributed by atoms with Gasteiger partial charge >= 0.3 is 5.97 Å². The van der Waals surface area contributed by atoms with Crippen LogP contribution in [-0.4, -0.2) is 20.6 Å². The molecule has 0 aliphatic carbocycles. The summed E-state index contributed by atoms with van der Waals surface area (Å²) in [4.78, 5) is 16.4. The Morgan fingerprint density at radius 2 is 2.00 bits per heavy atom. The number of aliphatic carboxylic acids is 1. The summed E-state index contributed by atoms with van der Waals surface area (Å²) in [5, 5.41) is 9.62. The first-order chi connectivity index (χ1) is 9.97. The molecule has 114 valence electrons. The first-order valence-electron chi connectivity index (χ1n) is 7.35. The van der Waals surface area contributed by atoms with E-state index in [1.54, 1.807) is 0 Å². The Labute approximate surface area is 133 Å². The average Bonchev–Trinajstić information content (AvgIpc) is 2.80. The van der Waals surface area contributed by atoms with Crippen LogP contribution in [-0.2, 0) is 17.8 Å². The molecule has 0 radical (unpaired) electrons. The van der Waals surface area contributed by atoms with E-state index in [1.165, 1.54) is 0 Å². The number of halogens is 1. The number of carboxylic acid groups (broad SMARTS) is 1. The summed E-state index contributed by atoms with van der Waals surface area (Å²) in [6, 6.07) is 6.00. The molecule has 0 aliphatic rings. The molecule has 5 heteroatoms. The fraction of sp³-hybridized carbons (Fsp3) is 0.500. The zero-order valence-corrected chi connectivity index (χ0v) is 14.3. The van der Waals surface area contributed by atoms with Gasteiger partial charge in [-0.25, -0.2) is 4.98 Å². The van der Waals surface area contributed by atoms with E-state index in [9.17, 15) is 9.90 Å². The van der Waals surface area contributed by atoms with Crippen LogP contribution in [0.2, 0.25) is 0 Å². The minimum atomic E-state index is -0.733. The van der Waals surface area contributed by atoms with Gasteiger partial charge in [-0.3, -0.25) is 4.79 Å². The van der Waals surface area contributed by atoms with Gasteiger partial charge in [-0.15, -0.1) is 0 Å². The van der Waals surface area contributed by atoms with Gasteiger partial charge in [-0.05, 0) is 38.0 Å². The number of rotatable bonds is 6. The van der Waals surface area contributed by atoms with Crippen molar-refractivity contribution in [2.24, 2.45) is 5.41 Å². The maximum atomic E-state index is 11.7. The number of nitrogens with zero attached hydrogens (tertiary/aromatic N) is 2. The van der Waals surface area contributed by atoms with Crippen LogP contribution in [0.3, 0.4) is 0 Å². The lowest BCUT2D eigenvalue weighted by atomic mass is 9.79. The van der Waals surface area contributed by atoms with Gasteiger partial charge in [0.15, 0.2) is 0 Å². The average molecular weight is 353 g/mol. The van der Waals surface area contributed by atoms with E-state index in [1.807, 2.05) is 32.0 Å². The summed E-state index contributed by atoms with van der Waals surface area (Å²) in [7, 11) is 0. The number of benzene rings is 1. The van der Waals surface area contributed by atoms with Crippen molar-refractivity contribution >= 4 is 32.9 Å². The molecule has 2 aromatic rings. The van der Waals surface area contributed by atoms with Crippen molar-refractivity contribution < 1.29 is 9.90 Å². The normalized spacial score (nSPS) is 12.0. The van der Waals surface area contributed by atoms with Crippen LogP contribution in [0, 0.1) is 5.41 Å². The van der Waals surface area contributed by atoms with Crippen molar-refractivity contribution in [1.29, 1.82) is 0 Å². The van der Waals surface area contributed by atoms with Crippen LogP contribution >= 0.6 is 15.9 Å². The van der Waals surface area contributed by atoms with Crippen LogP contribution in [0.1, 0.15) is 39.4 Å². The second-order valence-electron chi connectivity index (χ2n) is 5.37. The van der Waals surface area contributed by atoms with Crippen molar-refractivity contribution in [2.75, 3.05) is 0 Å². The highest BCUT2D eigenvalue weighted by Crippen LogP contribution is 2.32. The number of hydrogen-bond acceptors (Lipinski definition) is 2. The number of imidazole rings is 1. The maximum absolute atomic E-state index is 11.7. The van der Waals surface area contributed by atoms with Crippen LogP contribution in [0.5, 0.6) is 0 Å².